The smallest absolute Gasteiger partial charge is 0.333 e. The number of methoxy groups -OCH3 is 1. The molecule has 1 aliphatic carbocycles. The monoisotopic (exact) mass is 404 g/mol. The van der Waals surface area contributed by atoms with E-state index in [9.17, 15) is 14.4 Å². The van der Waals surface area contributed by atoms with Gasteiger partial charge in [-0.15, -0.1) is 0 Å². The molecule has 0 radical (unpaired) electrons. The Bertz CT molecular complexity index is 724. The molecule has 0 fully saturated rings. The molecule has 3 atom stereocenters. The molecule has 0 heterocycles. The van der Waals surface area contributed by atoms with E-state index in [0.29, 0.717) is 12.0 Å². The third kappa shape index (κ3) is 6.15. The molecule has 0 N–H and O–H groups in total. The molecule has 0 saturated carbocycles. The number of hydrogen-bond donors (Lipinski definition) is 0. The first-order chi connectivity index (χ1) is 13.5. The van der Waals surface area contributed by atoms with Crippen LogP contribution in [-0.2, 0) is 23.9 Å². The van der Waals surface area contributed by atoms with Crippen LogP contribution < -0.4 is 0 Å². The van der Waals surface area contributed by atoms with Crippen molar-refractivity contribution in [2.24, 2.45) is 17.3 Å². The van der Waals surface area contributed by atoms with Crippen molar-refractivity contribution < 1.29 is 23.9 Å². The van der Waals surface area contributed by atoms with E-state index in [1.807, 2.05) is 59.8 Å². The van der Waals surface area contributed by atoms with Gasteiger partial charge in [0.05, 0.1) is 19.4 Å². The lowest BCUT2D eigenvalue weighted by atomic mass is 9.70. The molecular formula is C24H36O5. The molecule has 0 bridgehead atoms. The van der Waals surface area contributed by atoms with Crippen LogP contribution in [0.3, 0.4) is 0 Å². The third-order valence-electron chi connectivity index (χ3n) is 6.30. The summed E-state index contributed by atoms with van der Waals surface area (Å²) in [6.07, 6.45) is 7.10. The van der Waals surface area contributed by atoms with Crippen molar-refractivity contribution in [3.05, 3.63) is 34.9 Å². The summed E-state index contributed by atoms with van der Waals surface area (Å²) in [5.41, 5.74) is 1.67. The maximum Gasteiger partial charge on any atom is 0.333 e. The van der Waals surface area contributed by atoms with E-state index in [-0.39, 0.29) is 30.1 Å². The summed E-state index contributed by atoms with van der Waals surface area (Å²) in [5.74, 6) is -1.11. The summed E-state index contributed by atoms with van der Waals surface area (Å²) in [6.45, 7) is 13.4. The van der Waals surface area contributed by atoms with Crippen molar-refractivity contribution in [1.82, 2.24) is 0 Å². The van der Waals surface area contributed by atoms with E-state index < -0.39 is 17.4 Å². The predicted octanol–water partition coefficient (Wildman–Crippen LogP) is 4.96. The highest BCUT2D eigenvalue weighted by molar-refractivity contribution is 6.00. The number of carbonyl (C=O) groups excluding carboxylic acids is 3. The fourth-order valence-corrected chi connectivity index (χ4v) is 3.39. The van der Waals surface area contributed by atoms with Crippen molar-refractivity contribution in [3.63, 3.8) is 0 Å². The number of carbonyl (C=O) groups is 3. The minimum absolute atomic E-state index is 0.0537. The minimum Gasteiger partial charge on any atom is -0.466 e. The third-order valence-corrected chi connectivity index (χ3v) is 6.30. The zero-order chi connectivity index (χ0) is 22.4. The van der Waals surface area contributed by atoms with Crippen LogP contribution >= 0.6 is 0 Å². The van der Waals surface area contributed by atoms with E-state index >= 15 is 0 Å². The molecule has 0 unspecified atom stereocenters. The van der Waals surface area contributed by atoms with Gasteiger partial charge in [-0.1, -0.05) is 52.8 Å². The van der Waals surface area contributed by atoms with Gasteiger partial charge >= 0.3 is 11.9 Å². The van der Waals surface area contributed by atoms with Gasteiger partial charge in [0.2, 0.25) is 0 Å². The first-order valence-corrected chi connectivity index (χ1v) is 10.3. The summed E-state index contributed by atoms with van der Waals surface area (Å²) in [7, 11) is 1.35. The van der Waals surface area contributed by atoms with Crippen LogP contribution in [0.5, 0.6) is 0 Å². The van der Waals surface area contributed by atoms with Crippen LogP contribution in [0.2, 0.25) is 0 Å². The van der Waals surface area contributed by atoms with Crippen LogP contribution in [0.25, 0.3) is 0 Å². The number of hydrogen-bond acceptors (Lipinski definition) is 5. The zero-order valence-corrected chi connectivity index (χ0v) is 19.1. The van der Waals surface area contributed by atoms with Crippen molar-refractivity contribution >= 4 is 17.7 Å². The molecular weight excluding hydrogens is 368 g/mol. The van der Waals surface area contributed by atoms with Crippen molar-refractivity contribution in [3.8, 4) is 0 Å². The van der Waals surface area contributed by atoms with Gasteiger partial charge in [-0.05, 0) is 43.6 Å². The molecule has 0 aromatic carbocycles. The van der Waals surface area contributed by atoms with E-state index in [1.165, 1.54) is 7.11 Å². The van der Waals surface area contributed by atoms with Gasteiger partial charge in [-0.3, -0.25) is 9.59 Å². The second-order valence-electron chi connectivity index (χ2n) is 8.47. The van der Waals surface area contributed by atoms with Gasteiger partial charge in [-0.2, -0.15) is 0 Å². The lowest BCUT2D eigenvalue weighted by molar-refractivity contribution is -0.156. The predicted molar refractivity (Wildman–Crippen MR) is 114 cm³/mol. The Kier molecular flexibility index (Phi) is 9.06. The molecule has 29 heavy (non-hydrogen) atoms. The summed E-state index contributed by atoms with van der Waals surface area (Å²) in [4.78, 5) is 36.9. The number of allylic oxidation sites excluding steroid dienone is 4. The summed E-state index contributed by atoms with van der Waals surface area (Å²) >= 11 is 0. The van der Waals surface area contributed by atoms with Gasteiger partial charge in [0.1, 0.15) is 6.10 Å². The quantitative estimate of drug-likeness (QED) is 0.308. The molecule has 0 spiro atoms. The average Bonchev–Trinajstić information content (AvgIpc) is 2.93. The summed E-state index contributed by atoms with van der Waals surface area (Å²) < 4.78 is 10.5. The Balaban J connectivity index is 2.89. The van der Waals surface area contributed by atoms with E-state index in [1.54, 1.807) is 6.92 Å². The Labute approximate surface area is 175 Å². The first kappa shape index (κ1) is 24.9. The molecule has 0 saturated heterocycles. The Morgan fingerprint density at radius 1 is 1.24 bits per heavy atom. The SMILES string of the molecule is CC/C=C\CC1=C(C)[C@@H](OC(=O)[C@H](C)C(C)(C)[C@@H](C)/C=C(\C)C(=O)OC)CC1=O. The van der Waals surface area contributed by atoms with Crippen LogP contribution in [-0.4, -0.2) is 30.9 Å². The highest BCUT2D eigenvalue weighted by Gasteiger charge is 2.39. The summed E-state index contributed by atoms with van der Waals surface area (Å²) in [5, 5.41) is 0. The molecule has 5 nitrogen and oxygen atoms in total. The van der Waals surface area contributed by atoms with E-state index in [2.05, 4.69) is 0 Å². The fraction of sp³-hybridized carbons (Fsp3) is 0.625. The standard InChI is InChI=1S/C24H36O5/c1-9-10-11-12-19-17(4)21(14-20(19)25)29-23(27)18(5)24(6,7)16(3)13-15(2)22(26)28-8/h10-11,13,16,18,21H,9,12,14H2,1-8H3/b11-10-,15-13+/t16-,18-,21-/m0/s1. The summed E-state index contributed by atoms with van der Waals surface area (Å²) in [6, 6.07) is 0. The molecule has 0 amide bonds. The Morgan fingerprint density at radius 3 is 2.41 bits per heavy atom. The fourth-order valence-electron chi connectivity index (χ4n) is 3.39. The van der Waals surface area contributed by atoms with E-state index in [0.717, 1.165) is 17.6 Å². The Hall–Kier alpha value is -2.17. The first-order valence-electron chi connectivity index (χ1n) is 10.3. The maximum absolute atomic E-state index is 12.9. The lowest BCUT2D eigenvalue weighted by Crippen LogP contribution is -2.36. The minimum atomic E-state index is -0.485. The molecule has 0 aromatic rings. The normalized spacial score (nSPS) is 20.2. The molecule has 162 valence electrons. The number of Topliss-reactive ketones (excluding diaryl/α,β-unsaturated/α-hetero) is 1. The number of ether oxygens (including phenoxy) is 2. The maximum atomic E-state index is 12.9. The van der Waals surface area contributed by atoms with Crippen molar-refractivity contribution in [2.75, 3.05) is 7.11 Å². The number of rotatable bonds is 9. The van der Waals surface area contributed by atoms with E-state index in [4.69, 9.17) is 9.47 Å². The topological polar surface area (TPSA) is 69.7 Å². The van der Waals surface area contributed by atoms with Crippen molar-refractivity contribution in [1.29, 1.82) is 0 Å². The number of esters is 2. The van der Waals surface area contributed by atoms with Crippen LogP contribution in [0.4, 0.5) is 0 Å². The largest absolute Gasteiger partial charge is 0.466 e. The highest BCUT2D eigenvalue weighted by atomic mass is 16.5. The number of ketones is 1. The lowest BCUT2D eigenvalue weighted by Gasteiger charge is -2.35. The van der Waals surface area contributed by atoms with Crippen LogP contribution in [0, 0.1) is 17.3 Å². The second-order valence-corrected chi connectivity index (χ2v) is 8.47. The average molecular weight is 405 g/mol. The van der Waals surface area contributed by atoms with Crippen LogP contribution in [0.15, 0.2) is 34.9 Å². The Morgan fingerprint density at radius 2 is 1.86 bits per heavy atom. The molecule has 0 aliphatic heterocycles. The molecule has 1 aliphatic rings. The second kappa shape index (κ2) is 10.6. The molecule has 5 heteroatoms. The molecule has 0 aromatic heterocycles. The van der Waals surface area contributed by atoms with Gasteiger partial charge < -0.3 is 9.47 Å². The van der Waals surface area contributed by atoms with Gasteiger partial charge in [0.25, 0.3) is 0 Å². The van der Waals surface area contributed by atoms with Gasteiger partial charge in [-0.25, -0.2) is 4.79 Å². The van der Waals surface area contributed by atoms with Gasteiger partial charge in [0.15, 0.2) is 5.78 Å². The zero-order valence-electron chi connectivity index (χ0n) is 19.1. The highest BCUT2D eigenvalue weighted by Crippen LogP contribution is 2.38. The van der Waals surface area contributed by atoms with Gasteiger partial charge in [0, 0.05) is 11.1 Å². The van der Waals surface area contributed by atoms with Crippen LogP contribution in [0.1, 0.15) is 67.7 Å². The van der Waals surface area contributed by atoms with Crippen molar-refractivity contribution in [2.45, 2.75) is 73.8 Å². The molecule has 1 rings (SSSR count).